The number of ether oxygens (including phenoxy) is 1. The third-order valence-corrected chi connectivity index (χ3v) is 3.39. The summed E-state index contributed by atoms with van der Waals surface area (Å²) < 4.78 is 44.5. The third kappa shape index (κ3) is 2.88. The van der Waals surface area contributed by atoms with Crippen molar-refractivity contribution in [1.29, 1.82) is 0 Å². The lowest BCUT2D eigenvalue weighted by atomic mass is 9.84. The molecule has 0 bridgehead atoms. The van der Waals surface area contributed by atoms with E-state index in [1.54, 1.807) is 24.3 Å². The number of alkyl halides is 3. The molecule has 0 aliphatic heterocycles. The lowest BCUT2D eigenvalue weighted by Crippen LogP contribution is -2.27. The molecule has 2 nitrogen and oxygen atoms in total. The van der Waals surface area contributed by atoms with Gasteiger partial charge in [-0.25, -0.2) is 0 Å². The molecule has 0 heterocycles. The van der Waals surface area contributed by atoms with E-state index in [4.69, 9.17) is 4.74 Å². The molecule has 2 rings (SSSR count). The minimum absolute atomic E-state index is 0.206. The summed E-state index contributed by atoms with van der Waals surface area (Å²) in [7, 11) is 1.41. The van der Waals surface area contributed by atoms with E-state index in [0.717, 1.165) is 6.07 Å². The molecule has 1 unspecified atom stereocenters. The van der Waals surface area contributed by atoms with Gasteiger partial charge in [0.25, 0.3) is 0 Å². The van der Waals surface area contributed by atoms with Crippen molar-refractivity contribution < 1.29 is 23.0 Å². The minimum Gasteiger partial charge on any atom is -0.496 e. The molecule has 21 heavy (non-hydrogen) atoms. The summed E-state index contributed by atoms with van der Waals surface area (Å²) in [4.78, 5) is 0. The largest absolute Gasteiger partial charge is 0.496 e. The standard InChI is InChI=1S/C16H15F3O2/c1-15(20,13-9-5-6-10-14(13)21-2)11-7-3-4-8-12(11)16(17,18)19/h3-10,20H,1-2H3. The van der Waals surface area contributed by atoms with Crippen molar-refractivity contribution in [3.8, 4) is 5.75 Å². The fraction of sp³-hybridized carbons (Fsp3) is 0.250. The SMILES string of the molecule is COc1ccccc1C(C)(O)c1ccccc1C(F)(F)F. The number of aliphatic hydroxyl groups is 1. The van der Waals surface area contributed by atoms with E-state index < -0.39 is 17.3 Å². The highest BCUT2D eigenvalue weighted by atomic mass is 19.4. The van der Waals surface area contributed by atoms with Crippen molar-refractivity contribution in [2.24, 2.45) is 0 Å². The zero-order chi connectivity index (χ0) is 15.7. The van der Waals surface area contributed by atoms with Gasteiger partial charge in [-0.15, -0.1) is 0 Å². The molecule has 2 aromatic carbocycles. The third-order valence-electron chi connectivity index (χ3n) is 3.39. The molecule has 0 saturated carbocycles. The maximum absolute atomic E-state index is 13.1. The summed E-state index contributed by atoms with van der Waals surface area (Å²) >= 11 is 0. The number of benzene rings is 2. The van der Waals surface area contributed by atoms with Crippen LogP contribution >= 0.6 is 0 Å². The van der Waals surface area contributed by atoms with Gasteiger partial charge in [0.2, 0.25) is 0 Å². The Bertz CT molecular complexity index is 633. The van der Waals surface area contributed by atoms with Gasteiger partial charge < -0.3 is 9.84 Å². The van der Waals surface area contributed by atoms with Gasteiger partial charge in [-0.1, -0.05) is 36.4 Å². The Kier molecular flexibility index (Phi) is 3.96. The second kappa shape index (κ2) is 5.41. The normalized spacial score (nSPS) is 14.6. The van der Waals surface area contributed by atoms with E-state index in [1.807, 2.05) is 0 Å². The Morgan fingerprint density at radius 1 is 0.857 bits per heavy atom. The average molecular weight is 296 g/mol. The molecule has 0 aromatic heterocycles. The molecule has 0 amide bonds. The van der Waals surface area contributed by atoms with Gasteiger partial charge in [0, 0.05) is 11.1 Å². The minimum atomic E-state index is -4.54. The smallest absolute Gasteiger partial charge is 0.416 e. The van der Waals surface area contributed by atoms with Crippen LogP contribution in [0.4, 0.5) is 13.2 Å². The number of methoxy groups -OCH3 is 1. The van der Waals surface area contributed by atoms with Crippen LogP contribution in [0.25, 0.3) is 0 Å². The van der Waals surface area contributed by atoms with E-state index >= 15 is 0 Å². The Morgan fingerprint density at radius 2 is 1.33 bits per heavy atom. The van der Waals surface area contributed by atoms with E-state index in [-0.39, 0.29) is 11.1 Å². The van der Waals surface area contributed by atoms with Gasteiger partial charge >= 0.3 is 6.18 Å². The summed E-state index contributed by atoms with van der Waals surface area (Å²) in [6.07, 6.45) is -4.54. The molecule has 0 radical (unpaired) electrons. The fourth-order valence-electron chi connectivity index (χ4n) is 2.35. The van der Waals surface area contributed by atoms with E-state index in [9.17, 15) is 18.3 Å². The van der Waals surface area contributed by atoms with Crippen molar-refractivity contribution in [2.45, 2.75) is 18.7 Å². The molecule has 1 atom stereocenters. The molecule has 0 saturated heterocycles. The van der Waals surface area contributed by atoms with Crippen LogP contribution in [0.1, 0.15) is 23.6 Å². The summed E-state index contributed by atoms with van der Waals surface area (Å²) in [6, 6.07) is 11.5. The Balaban J connectivity index is 2.65. The van der Waals surface area contributed by atoms with Crippen molar-refractivity contribution >= 4 is 0 Å². The van der Waals surface area contributed by atoms with Crippen LogP contribution in [-0.2, 0) is 11.8 Å². The Labute approximate surface area is 120 Å². The predicted octanol–water partition coefficient (Wildman–Crippen LogP) is 3.97. The van der Waals surface area contributed by atoms with Gasteiger partial charge in [0.1, 0.15) is 11.4 Å². The second-order valence-electron chi connectivity index (χ2n) is 4.82. The lowest BCUT2D eigenvalue weighted by Gasteiger charge is -2.29. The van der Waals surface area contributed by atoms with E-state index in [0.29, 0.717) is 5.75 Å². The number of rotatable bonds is 3. The summed E-state index contributed by atoms with van der Waals surface area (Å²) in [6.45, 7) is 1.33. The van der Waals surface area contributed by atoms with Crippen LogP contribution < -0.4 is 4.74 Å². The van der Waals surface area contributed by atoms with Gasteiger partial charge in [0.15, 0.2) is 0 Å². The molecule has 0 fully saturated rings. The molecule has 5 heteroatoms. The number of halogens is 3. The highest BCUT2D eigenvalue weighted by molar-refractivity contribution is 5.47. The van der Waals surface area contributed by atoms with Crippen LogP contribution in [0.15, 0.2) is 48.5 Å². The van der Waals surface area contributed by atoms with Crippen LogP contribution in [0.2, 0.25) is 0 Å². The summed E-state index contributed by atoms with van der Waals surface area (Å²) in [5, 5.41) is 10.7. The van der Waals surface area contributed by atoms with Crippen LogP contribution in [0.3, 0.4) is 0 Å². The molecule has 0 spiro atoms. The molecule has 112 valence electrons. The van der Waals surface area contributed by atoms with Crippen molar-refractivity contribution in [1.82, 2.24) is 0 Å². The van der Waals surface area contributed by atoms with Crippen molar-refractivity contribution in [3.63, 3.8) is 0 Å². The monoisotopic (exact) mass is 296 g/mol. The zero-order valence-corrected chi connectivity index (χ0v) is 11.6. The summed E-state index contributed by atoms with van der Waals surface area (Å²) in [5.41, 5.74) is -2.61. The highest BCUT2D eigenvalue weighted by Gasteiger charge is 2.40. The lowest BCUT2D eigenvalue weighted by molar-refractivity contribution is -0.140. The number of para-hydroxylation sites is 1. The first-order valence-electron chi connectivity index (χ1n) is 6.31. The predicted molar refractivity (Wildman–Crippen MR) is 73.1 cm³/mol. The maximum Gasteiger partial charge on any atom is 0.416 e. The van der Waals surface area contributed by atoms with Gasteiger partial charge in [0.05, 0.1) is 12.7 Å². The first-order valence-corrected chi connectivity index (χ1v) is 6.31. The quantitative estimate of drug-likeness (QED) is 0.928. The summed E-state index contributed by atoms with van der Waals surface area (Å²) in [5.74, 6) is 0.333. The molecule has 1 N–H and O–H groups in total. The first-order chi connectivity index (χ1) is 9.78. The van der Waals surface area contributed by atoms with E-state index in [2.05, 4.69) is 0 Å². The molecule has 0 aliphatic carbocycles. The molecule has 2 aromatic rings. The highest BCUT2D eigenvalue weighted by Crippen LogP contribution is 2.41. The van der Waals surface area contributed by atoms with Gasteiger partial charge in [-0.05, 0) is 19.1 Å². The van der Waals surface area contributed by atoms with Crippen LogP contribution in [0.5, 0.6) is 5.75 Å². The molecular weight excluding hydrogens is 281 g/mol. The average Bonchev–Trinajstić information content (AvgIpc) is 2.46. The number of hydrogen-bond donors (Lipinski definition) is 1. The fourth-order valence-corrected chi connectivity index (χ4v) is 2.35. The molecular formula is C16H15F3O2. The van der Waals surface area contributed by atoms with E-state index in [1.165, 1.54) is 32.2 Å². The first kappa shape index (κ1) is 15.4. The Hall–Kier alpha value is -2.01. The van der Waals surface area contributed by atoms with Crippen LogP contribution in [-0.4, -0.2) is 12.2 Å². The second-order valence-corrected chi connectivity index (χ2v) is 4.82. The zero-order valence-electron chi connectivity index (χ0n) is 11.6. The molecule has 0 aliphatic rings. The van der Waals surface area contributed by atoms with Gasteiger partial charge in [-0.3, -0.25) is 0 Å². The Morgan fingerprint density at radius 3 is 1.86 bits per heavy atom. The van der Waals surface area contributed by atoms with Crippen molar-refractivity contribution in [2.75, 3.05) is 7.11 Å². The van der Waals surface area contributed by atoms with Crippen LogP contribution in [0, 0.1) is 0 Å². The number of hydrogen-bond acceptors (Lipinski definition) is 2. The van der Waals surface area contributed by atoms with Crippen molar-refractivity contribution in [3.05, 3.63) is 65.2 Å². The topological polar surface area (TPSA) is 29.5 Å². The maximum atomic E-state index is 13.1. The van der Waals surface area contributed by atoms with Gasteiger partial charge in [-0.2, -0.15) is 13.2 Å².